The number of carbonyl (C=O) groups excluding carboxylic acids is 1. The molecule has 2 aromatic heterocycles. The number of fused-ring (bicyclic) bond motifs is 1. The highest BCUT2D eigenvalue weighted by Gasteiger charge is 2.23. The molecular formula is C19H20FN5O4S2. The quantitative estimate of drug-likeness (QED) is 0.477. The number of ether oxygens (including phenoxy) is 1. The van der Waals surface area contributed by atoms with Crippen molar-refractivity contribution in [2.45, 2.75) is 25.9 Å². The van der Waals surface area contributed by atoms with E-state index in [1.54, 1.807) is 13.0 Å². The van der Waals surface area contributed by atoms with Crippen molar-refractivity contribution in [1.82, 2.24) is 14.3 Å². The molecule has 1 saturated heterocycles. The van der Waals surface area contributed by atoms with Crippen LogP contribution in [0.25, 0.3) is 10.2 Å². The van der Waals surface area contributed by atoms with E-state index in [0.29, 0.717) is 63.8 Å². The standard InChI is InChI=1S/C19H20FN5O4S2/c1-10-15-18(22-9-23-19(15)30-16(10)17(21)26)24-13-3-2-11(20)8-14(13)29-12-4-6-25(7-5-12)31(27)28/h2-3,8-9,12,31H,4-7H2,1H3,(H2,21,26)(H,22,23,24). The lowest BCUT2D eigenvalue weighted by molar-refractivity contribution is 0.100. The number of thiophene rings is 1. The molecule has 3 N–H and O–H groups in total. The van der Waals surface area contributed by atoms with Crippen LogP contribution in [0.2, 0.25) is 0 Å². The van der Waals surface area contributed by atoms with Gasteiger partial charge in [0.15, 0.2) is 0 Å². The van der Waals surface area contributed by atoms with Gasteiger partial charge in [-0.2, -0.15) is 0 Å². The van der Waals surface area contributed by atoms with Crippen molar-refractivity contribution in [3.05, 3.63) is 40.8 Å². The van der Waals surface area contributed by atoms with Gasteiger partial charge in [-0.1, -0.05) is 0 Å². The van der Waals surface area contributed by atoms with Crippen molar-refractivity contribution in [2.24, 2.45) is 5.73 Å². The summed E-state index contributed by atoms with van der Waals surface area (Å²) in [6, 6.07) is 4.11. The van der Waals surface area contributed by atoms with Crippen LogP contribution in [-0.2, 0) is 10.9 Å². The molecule has 1 amide bonds. The Morgan fingerprint density at radius 1 is 1.32 bits per heavy atom. The van der Waals surface area contributed by atoms with Crippen molar-refractivity contribution in [3.63, 3.8) is 0 Å². The van der Waals surface area contributed by atoms with Crippen LogP contribution in [0, 0.1) is 12.7 Å². The summed E-state index contributed by atoms with van der Waals surface area (Å²) in [6.07, 6.45) is 2.13. The second-order valence-electron chi connectivity index (χ2n) is 7.10. The molecule has 0 saturated carbocycles. The number of thiol groups is 1. The van der Waals surface area contributed by atoms with Gasteiger partial charge in [-0.25, -0.2) is 27.1 Å². The first-order chi connectivity index (χ1) is 14.8. The number of nitrogens with one attached hydrogen (secondary N) is 1. The molecule has 1 aliphatic heterocycles. The average Bonchev–Trinajstić information content (AvgIpc) is 3.08. The summed E-state index contributed by atoms with van der Waals surface area (Å²) < 4.78 is 43.6. The molecule has 0 spiro atoms. The summed E-state index contributed by atoms with van der Waals surface area (Å²) in [4.78, 5) is 21.2. The minimum absolute atomic E-state index is 0.247. The lowest BCUT2D eigenvalue weighted by Gasteiger charge is -2.29. The predicted octanol–water partition coefficient (Wildman–Crippen LogP) is 2.35. The molecular weight excluding hydrogens is 445 g/mol. The summed E-state index contributed by atoms with van der Waals surface area (Å²) in [5.41, 5.74) is 6.61. The number of primary amides is 1. The number of nitrogens with zero attached hydrogens (tertiary/aromatic N) is 3. The number of rotatable bonds is 6. The zero-order chi connectivity index (χ0) is 22.1. The zero-order valence-electron chi connectivity index (χ0n) is 16.5. The highest BCUT2D eigenvalue weighted by atomic mass is 32.2. The highest BCUT2D eigenvalue weighted by molar-refractivity contribution is 7.69. The molecule has 0 radical (unpaired) electrons. The topological polar surface area (TPSA) is 128 Å². The van der Waals surface area contributed by atoms with Gasteiger partial charge in [0.25, 0.3) is 5.91 Å². The molecule has 0 unspecified atom stereocenters. The molecule has 0 aliphatic carbocycles. The molecule has 3 heterocycles. The molecule has 1 aliphatic rings. The molecule has 1 fully saturated rings. The van der Waals surface area contributed by atoms with Gasteiger partial charge in [0.1, 0.15) is 34.6 Å². The van der Waals surface area contributed by atoms with Crippen LogP contribution < -0.4 is 15.8 Å². The second-order valence-corrected chi connectivity index (χ2v) is 9.14. The van der Waals surface area contributed by atoms with Crippen LogP contribution in [0.5, 0.6) is 5.75 Å². The molecule has 9 nitrogen and oxygen atoms in total. The maximum absolute atomic E-state index is 13.9. The summed E-state index contributed by atoms with van der Waals surface area (Å²) >= 11 is 1.18. The van der Waals surface area contributed by atoms with Crippen molar-refractivity contribution >= 4 is 49.9 Å². The van der Waals surface area contributed by atoms with E-state index in [2.05, 4.69) is 15.3 Å². The Morgan fingerprint density at radius 2 is 2.06 bits per heavy atom. The van der Waals surface area contributed by atoms with Gasteiger partial charge >= 0.3 is 0 Å². The van der Waals surface area contributed by atoms with Crippen molar-refractivity contribution < 1.29 is 22.3 Å². The van der Waals surface area contributed by atoms with E-state index in [9.17, 15) is 17.6 Å². The summed E-state index contributed by atoms with van der Waals surface area (Å²) in [5.74, 6) is -0.264. The van der Waals surface area contributed by atoms with Gasteiger partial charge in [0.2, 0.25) is 10.9 Å². The lowest BCUT2D eigenvalue weighted by atomic mass is 10.1. The van der Waals surface area contributed by atoms with E-state index in [0.717, 1.165) is 0 Å². The average molecular weight is 466 g/mol. The number of hydrogen-bond donors (Lipinski definition) is 3. The number of anilines is 2. The number of halogens is 1. The van der Waals surface area contributed by atoms with Crippen LogP contribution in [-0.4, -0.2) is 47.8 Å². The van der Waals surface area contributed by atoms with Gasteiger partial charge in [0.05, 0.1) is 16.0 Å². The maximum Gasteiger partial charge on any atom is 0.259 e. The van der Waals surface area contributed by atoms with Crippen molar-refractivity contribution in [3.8, 4) is 5.75 Å². The smallest absolute Gasteiger partial charge is 0.259 e. The third-order valence-electron chi connectivity index (χ3n) is 5.09. The van der Waals surface area contributed by atoms with E-state index in [-0.39, 0.29) is 6.10 Å². The zero-order valence-corrected chi connectivity index (χ0v) is 18.2. The lowest BCUT2D eigenvalue weighted by Crippen LogP contribution is -2.37. The molecule has 31 heavy (non-hydrogen) atoms. The number of aromatic nitrogens is 2. The molecule has 3 aromatic rings. The molecule has 1 aromatic carbocycles. The van der Waals surface area contributed by atoms with Gasteiger partial charge in [-0.3, -0.25) is 4.79 Å². The minimum Gasteiger partial charge on any atom is -0.488 e. The first kappa shape index (κ1) is 21.4. The number of aryl methyl sites for hydroxylation is 1. The van der Waals surface area contributed by atoms with Crippen molar-refractivity contribution in [1.29, 1.82) is 0 Å². The summed E-state index contributed by atoms with van der Waals surface area (Å²) in [6.45, 7) is 2.49. The Hall–Kier alpha value is -2.83. The SMILES string of the molecule is Cc1c(C(N)=O)sc2ncnc(Nc3ccc(F)cc3OC3CCN([SH](=O)=O)CC3)c12. The Kier molecular flexibility index (Phi) is 6.03. The Morgan fingerprint density at radius 3 is 2.74 bits per heavy atom. The Bertz CT molecular complexity index is 1210. The van der Waals surface area contributed by atoms with Crippen LogP contribution in [0.15, 0.2) is 24.5 Å². The molecule has 164 valence electrons. The fourth-order valence-corrected chi connectivity index (χ4v) is 5.09. The third-order valence-corrected chi connectivity index (χ3v) is 7.17. The fourth-order valence-electron chi connectivity index (χ4n) is 3.53. The maximum atomic E-state index is 13.9. The third kappa shape index (κ3) is 4.45. The van der Waals surface area contributed by atoms with E-state index in [1.807, 2.05) is 0 Å². The van der Waals surface area contributed by atoms with Gasteiger partial charge in [0, 0.05) is 19.2 Å². The number of carbonyl (C=O) groups is 1. The molecule has 4 rings (SSSR count). The van der Waals surface area contributed by atoms with Crippen LogP contribution in [0.4, 0.5) is 15.9 Å². The predicted molar refractivity (Wildman–Crippen MR) is 116 cm³/mol. The van der Waals surface area contributed by atoms with Gasteiger partial charge in [-0.05, 0) is 37.5 Å². The Labute approximate surface area is 183 Å². The number of amides is 1. The van der Waals surface area contributed by atoms with Gasteiger partial charge in [-0.15, -0.1) is 11.3 Å². The normalized spacial score (nSPS) is 15.5. The fraction of sp³-hybridized carbons (Fsp3) is 0.316. The van der Waals surface area contributed by atoms with E-state index in [1.165, 1.54) is 34.1 Å². The molecule has 0 atom stereocenters. The summed E-state index contributed by atoms with van der Waals surface area (Å²) in [5, 5.41) is 3.81. The van der Waals surface area contributed by atoms with Crippen LogP contribution in [0.1, 0.15) is 28.1 Å². The monoisotopic (exact) mass is 465 g/mol. The number of hydrogen-bond acceptors (Lipinski definition) is 8. The molecule has 12 heteroatoms. The highest BCUT2D eigenvalue weighted by Crippen LogP contribution is 2.36. The second kappa shape index (κ2) is 8.73. The number of benzene rings is 1. The van der Waals surface area contributed by atoms with Gasteiger partial charge < -0.3 is 15.8 Å². The van der Waals surface area contributed by atoms with Crippen molar-refractivity contribution in [2.75, 3.05) is 18.4 Å². The molecule has 0 bridgehead atoms. The van der Waals surface area contributed by atoms with E-state index < -0.39 is 22.6 Å². The first-order valence-electron chi connectivity index (χ1n) is 9.50. The largest absolute Gasteiger partial charge is 0.488 e. The summed E-state index contributed by atoms with van der Waals surface area (Å²) in [7, 11) is -2.61. The minimum atomic E-state index is -2.61. The number of piperidine rings is 1. The van der Waals surface area contributed by atoms with E-state index in [4.69, 9.17) is 10.5 Å². The van der Waals surface area contributed by atoms with Crippen LogP contribution >= 0.6 is 11.3 Å². The first-order valence-corrected chi connectivity index (χ1v) is 11.4. The van der Waals surface area contributed by atoms with Crippen LogP contribution in [0.3, 0.4) is 0 Å². The Balaban J connectivity index is 1.62. The van der Waals surface area contributed by atoms with E-state index >= 15 is 0 Å². The number of nitrogens with two attached hydrogens (primary N) is 1.